The molecule has 0 saturated carbocycles. The van der Waals surface area contributed by atoms with Crippen molar-refractivity contribution in [1.82, 2.24) is 4.90 Å². The van der Waals surface area contributed by atoms with Gasteiger partial charge < -0.3 is 15.3 Å². The number of rotatable bonds is 5. The molecule has 158 valence electrons. The summed E-state index contributed by atoms with van der Waals surface area (Å²) in [5.74, 6) is -0.796. The standard InChI is InChI=1S/C23H25N3O3.ClH/c27-22-9-7-18-15-17(6-8-21(18)24-22)3-2-10-25-11-13-26(14-12-25)20-5-1-4-19(16-20)23(28)29;/h1-6,8,15-16H,7,9-14H2,(H,24,27)(H,28,29);1H. The molecule has 1 fully saturated rings. The number of nitrogens with zero attached hydrogens (tertiary/aromatic N) is 2. The summed E-state index contributed by atoms with van der Waals surface area (Å²) in [4.78, 5) is 27.3. The van der Waals surface area contributed by atoms with Crippen LogP contribution in [0.1, 0.15) is 27.9 Å². The second-order valence-corrected chi connectivity index (χ2v) is 7.51. The summed E-state index contributed by atoms with van der Waals surface area (Å²) in [5.41, 5.74) is 4.59. The van der Waals surface area contributed by atoms with Gasteiger partial charge >= 0.3 is 5.97 Å². The third-order valence-electron chi connectivity index (χ3n) is 5.53. The largest absolute Gasteiger partial charge is 0.478 e. The second kappa shape index (κ2) is 9.78. The normalized spacial score (nSPS) is 16.7. The second-order valence-electron chi connectivity index (χ2n) is 7.51. The first-order chi connectivity index (χ1) is 14.1. The average Bonchev–Trinajstić information content (AvgIpc) is 2.74. The molecule has 1 saturated heterocycles. The smallest absolute Gasteiger partial charge is 0.335 e. The maximum Gasteiger partial charge on any atom is 0.335 e. The molecule has 0 radical (unpaired) electrons. The summed E-state index contributed by atoms with van der Waals surface area (Å²) in [7, 11) is 0. The van der Waals surface area contributed by atoms with Gasteiger partial charge in [-0.05, 0) is 47.9 Å². The van der Waals surface area contributed by atoms with Crippen LogP contribution >= 0.6 is 12.4 Å². The van der Waals surface area contributed by atoms with E-state index in [2.05, 4.69) is 33.3 Å². The summed E-state index contributed by atoms with van der Waals surface area (Å²) < 4.78 is 0. The van der Waals surface area contributed by atoms with Crippen molar-refractivity contribution in [1.29, 1.82) is 0 Å². The maximum absolute atomic E-state index is 11.5. The summed E-state index contributed by atoms with van der Waals surface area (Å²) in [5, 5.41) is 12.1. The van der Waals surface area contributed by atoms with E-state index >= 15 is 0 Å². The number of anilines is 2. The van der Waals surface area contributed by atoms with Crippen LogP contribution in [0.15, 0.2) is 48.5 Å². The SMILES string of the molecule is Cl.O=C1CCc2cc(C=CCN3CCN(c4cccc(C(=O)O)c4)CC3)ccc2N1. The number of benzene rings is 2. The van der Waals surface area contributed by atoms with Gasteiger partial charge in [0.1, 0.15) is 0 Å². The summed E-state index contributed by atoms with van der Waals surface area (Å²) >= 11 is 0. The van der Waals surface area contributed by atoms with Gasteiger partial charge in [0.05, 0.1) is 5.56 Å². The molecule has 2 aromatic carbocycles. The van der Waals surface area contributed by atoms with Crippen LogP contribution in [0.3, 0.4) is 0 Å². The van der Waals surface area contributed by atoms with E-state index in [9.17, 15) is 9.59 Å². The molecule has 0 atom stereocenters. The van der Waals surface area contributed by atoms with E-state index in [1.165, 1.54) is 5.56 Å². The maximum atomic E-state index is 11.5. The molecule has 2 aliphatic heterocycles. The quantitative estimate of drug-likeness (QED) is 0.763. The van der Waals surface area contributed by atoms with Gasteiger partial charge in [0.15, 0.2) is 0 Å². The number of halogens is 1. The molecule has 0 unspecified atom stereocenters. The predicted octanol–water partition coefficient (Wildman–Crippen LogP) is 3.53. The summed E-state index contributed by atoms with van der Waals surface area (Å²) in [6.07, 6.45) is 5.68. The molecule has 1 amide bonds. The van der Waals surface area contributed by atoms with Crippen molar-refractivity contribution >= 4 is 41.7 Å². The first-order valence-electron chi connectivity index (χ1n) is 9.98. The Hall–Kier alpha value is -2.83. The molecule has 0 spiro atoms. The fourth-order valence-corrected chi connectivity index (χ4v) is 3.87. The number of aryl methyl sites for hydroxylation is 1. The van der Waals surface area contributed by atoms with Crippen LogP contribution in [0.2, 0.25) is 0 Å². The van der Waals surface area contributed by atoms with Gasteiger partial charge in [-0.3, -0.25) is 9.69 Å². The van der Waals surface area contributed by atoms with E-state index in [1.807, 2.05) is 18.2 Å². The van der Waals surface area contributed by atoms with Crippen LogP contribution in [-0.4, -0.2) is 54.6 Å². The Bertz CT molecular complexity index is 952. The van der Waals surface area contributed by atoms with E-state index in [0.29, 0.717) is 12.0 Å². The van der Waals surface area contributed by atoms with Gasteiger partial charge in [0.2, 0.25) is 5.91 Å². The predicted molar refractivity (Wildman–Crippen MR) is 122 cm³/mol. The van der Waals surface area contributed by atoms with Crippen LogP contribution in [0.4, 0.5) is 11.4 Å². The zero-order valence-electron chi connectivity index (χ0n) is 16.7. The van der Waals surface area contributed by atoms with Gasteiger partial charge in [-0.25, -0.2) is 4.79 Å². The van der Waals surface area contributed by atoms with Crippen molar-refractivity contribution in [2.24, 2.45) is 0 Å². The molecule has 4 rings (SSSR count). The third kappa shape index (κ3) is 5.20. The first-order valence-corrected chi connectivity index (χ1v) is 9.98. The van der Waals surface area contributed by atoms with Crippen molar-refractivity contribution in [3.63, 3.8) is 0 Å². The zero-order valence-corrected chi connectivity index (χ0v) is 17.5. The number of carbonyl (C=O) groups is 2. The number of aromatic carboxylic acids is 1. The highest BCUT2D eigenvalue weighted by Gasteiger charge is 2.17. The van der Waals surface area contributed by atoms with Gasteiger partial charge in [0, 0.05) is 50.5 Å². The number of piperazine rings is 1. The summed E-state index contributed by atoms with van der Waals surface area (Å²) in [6, 6.07) is 13.3. The number of hydrogen-bond acceptors (Lipinski definition) is 4. The minimum Gasteiger partial charge on any atom is -0.478 e. The molecular formula is C23H26ClN3O3. The number of hydrogen-bond donors (Lipinski definition) is 2. The number of amides is 1. The monoisotopic (exact) mass is 427 g/mol. The fourth-order valence-electron chi connectivity index (χ4n) is 3.87. The Morgan fingerprint density at radius 3 is 2.63 bits per heavy atom. The average molecular weight is 428 g/mol. The topological polar surface area (TPSA) is 72.9 Å². The molecule has 2 heterocycles. The van der Waals surface area contributed by atoms with Crippen LogP contribution < -0.4 is 10.2 Å². The highest BCUT2D eigenvalue weighted by Crippen LogP contribution is 2.24. The Kier molecular flexibility index (Phi) is 7.13. The molecule has 7 heteroatoms. The number of carbonyl (C=O) groups excluding carboxylic acids is 1. The molecule has 0 aliphatic carbocycles. The Morgan fingerprint density at radius 2 is 1.87 bits per heavy atom. The molecule has 2 N–H and O–H groups in total. The van der Waals surface area contributed by atoms with E-state index in [1.54, 1.807) is 18.2 Å². The zero-order chi connectivity index (χ0) is 20.2. The third-order valence-corrected chi connectivity index (χ3v) is 5.53. The molecule has 30 heavy (non-hydrogen) atoms. The molecule has 6 nitrogen and oxygen atoms in total. The number of nitrogens with one attached hydrogen (secondary N) is 1. The van der Waals surface area contributed by atoms with E-state index in [4.69, 9.17) is 5.11 Å². The number of fused-ring (bicyclic) bond motifs is 1. The van der Waals surface area contributed by atoms with Gasteiger partial charge in [-0.15, -0.1) is 12.4 Å². The number of carboxylic acids is 1. The van der Waals surface area contributed by atoms with Crippen molar-refractivity contribution in [2.75, 3.05) is 42.9 Å². The minimum absolute atomic E-state index is 0. The lowest BCUT2D eigenvalue weighted by Crippen LogP contribution is -2.46. The lowest BCUT2D eigenvalue weighted by molar-refractivity contribution is -0.116. The van der Waals surface area contributed by atoms with Crippen molar-refractivity contribution in [3.8, 4) is 0 Å². The number of carboxylic acid groups (broad SMARTS) is 1. The van der Waals surface area contributed by atoms with Gasteiger partial charge in [-0.2, -0.15) is 0 Å². The van der Waals surface area contributed by atoms with E-state index in [0.717, 1.165) is 56.1 Å². The lowest BCUT2D eigenvalue weighted by atomic mass is 10.0. The highest BCUT2D eigenvalue weighted by molar-refractivity contribution is 5.94. The molecule has 0 aromatic heterocycles. The lowest BCUT2D eigenvalue weighted by Gasteiger charge is -2.35. The van der Waals surface area contributed by atoms with E-state index < -0.39 is 5.97 Å². The van der Waals surface area contributed by atoms with Crippen LogP contribution in [0, 0.1) is 0 Å². The molecule has 2 aliphatic rings. The molecule has 2 aromatic rings. The minimum atomic E-state index is -0.889. The first kappa shape index (κ1) is 21.9. The Morgan fingerprint density at radius 1 is 1.07 bits per heavy atom. The van der Waals surface area contributed by atoms with Crippen LogP contribution in [0.5, 0.6) is 0 Å². The fraction of sp³-hybridized carbons (Fsp3) is 0.304. The van der Waals surface area contributed by atoms with Crippen LogP contribution in [0.25, 0.3) is 6.08 Å². The molecular weight excluding hydrogens is 402 g/mol. The highest BCUT2D eigenvalue weighted by atomic mass is 35.5. The van der Waals surface area contributed by atoms with Crippen molar-refractivity contribution < 1.29 is 14.7 Å². The molecule has 0 bridgehead atoms. The summed E-state index contributed by atoms with van der Waals surface area (Å²) in [6.45, 7) is 4.54. The van der Waals surface area contributed by atoms with Crippen molar-refractivity contribution in [3.05, 3.63) is 65.2 Å². The van der Waals surface area contributed by atoms with Crippen LogP contribution in [-0.2, 0) is 11.2 Å². The van der Waals surface area contributed by atoms with Gasteiger partial charge in [0.25, 0.3) is 0 Å². The van der Waals surface area contributed by atoms with Gasteiger partial charge in [-0.1, -0.05) is 24.3 Å². The van der Waals surface area contributed by atoms with Crippen molar-refractivity contribution in [2.45, 2.75) is 12.8 Å². The Balaban J connectivity index is 0.00000256. The Labute approximate surface area is 182 Å². The van der Waals surface area contributed by atoms with E-state index in [-0.39, 0.29) is 18.3 Å².